The predicted molar refractivity (Wildman–Crippen MR) is 97.3 cm³/mol. The molecule has 1 aromatic heterocycles. The number of carbonyl (C=O) groups excluding carboxylic acids is 2. The first kappa shape index (κ1) is 17.3. The van der Waals surface area contributed by atoms with Crippen LogP contribution in [-0.2, 0) is 11.8 Å². The monoisotopic (exact) mass is 368 g/mol. The van der Waals surface area contributed by atoms with E-state index >= 15 is 0 Å². The maximum atomic E-state index is 12.8. The molecule has 0 aliphatic carbocycles. The molecule has 0 bridgehead atoms. The van der Waals surface area contributed by atoms with Gasteiger partial charge in [-0.1, -0.05) is 12.1 Å². The molecule has 0 radical (unpaired) electrons. The number of ether oxygens (including phenoxy) is 1. The fourth-order valence-electron chi connectivity index (χ4n) is 3.52. The first-order chi connectivity index (χ1) is 13.0. The number of hydrogen-bond donors (Lipinski definition) is 1. The van der Waals surface area contributed by atoms with Gasteiger partial charge in [0.1, 0.15) is 5.60 Å². The third-order valence-corrected chi connectivity index (χ3v) is 5.21. The van der Waals surface area contributed by atoms with Gasteiger partial charge in [-0.3, -0.25) is 9.59 Å². The Morgan fingerprint density at radius 2 is 1.81 bits per heavy atom. The summed E-state index contributed by atoms with van der Waals surface area (Å²) in [6.45, 7) is 1.62. The van der Waals surface area contributed by atoms with E-state index in [1.165, 1.54) is 10.7 Å². The van der Waals surface area contributed by atoms with Crippen LogP contribution < -0.4 is 10.9 Å². The molecule has 1 N–H and O–H groups in total. The molecule has 1 spiro atoms. The topological polar surface area (TPSA) is 93.5 Å². The molecule has 2 amide bonds. The number of likely N-dealkylation sites (tertiary alicyclic amines) is 1. The van der Waals surface area contributed by atoms with E-state index in [1.54, 1.807) is 30.1 Å². The quantitative estimate of drug-likeness (QED) is 0.859. The zero-order chi connectivity index (χ0) is 19.0. The van der Waals surface area contributed by atoms with E-state index in [0.29, 0.717) is 43.7 Å². The Balaban J connectivity index is 1.44. The van der Waals surface area contributed by atoms with Crippen molar-refractivity contribution in [2.24, 2.45) is 7.05 Å². The fourth-order valence-corrected chi connectivity index (χ4v) is 3.52. The highest BCUT2D eigenvalue weighted by Crippen LogP contribution is 2.30. The Morgan fingerprint density at radius 3 is 2.41 bits per heavy atom. The van der Waals surface area contributed by atoms with Gasteiger partial charge in [-0.15, -0.1) is 0 Å². The summed E-state index contributed by atoms with van der Waals surface area (Å²) in [6.07, 6.45) is 0.895. The van der Waals surface area contributed by atoms with Gasteiger partial charge in [0.05, 0.1) is 12.2 Å². The highest BCUT2D eigenvalue weighted by Gasteiger charge is 2.43. The minimum atomic E-state index is -0.466. The summed E-state index contributed by atoms with van der Waals surface area (Å²) in [7, 11) is 1.60. The molecule has 2 aliphatic rings. The van der Waals surface area contributed by atoms with Crippen molar-refractivity contribution in [3.8, 4) is 11.3 Å². The summed E-state index contributed by atoms with van der Waals surface area (Å²) in [5.41, 5.74) is 1.47. The van der Waals surface area contributed by atoms with Crippen LogP contribution in [0, 0.1) is 0 Å². The van der Waals surface area contributed by atoms with Gasteiger partial charge in [-0.2, -0.15) is 5.10 Å². The molecular formula is C19H20N4O4. The van der Waals surface area contributed by atoms with Crippen molar-refractivity contribution in [3.05, 3.63) is 52.3 Å². The minimum absolute atomic E-state index is 0.0397. The van der Waals surface area contributed by atoms with E-state index in [0.717, 1.165) is 5.56 Å². The molecular weight excluding hydrogens is 348 g/mol. The van der Waals surface area contributed by atoms with Crippen molar-refractivity contribution in [3.63, 3.8) is 0 Å². The van der Waals surface area contributed by atoms with E-state index < -0.39 is 5.60 Å². The molecule has 2 saturated heterocycles. The molecule has 2 aromatic rings. The zero-order valence-corrected chi connectivity index (χ0v) is 15.0. The van der Waals surface area contributed by atoms with Crippen molar-refractivity contribution >= 4 is 12.0 Å². The Morgan fingerprint density at radius 1 is 1.11 bits per heavy atom. The van der Waals surface area contributed by atoms with Gasteiger partial charge >= 0.3 is 6.09 Å². The Hall–Kier alpha value is -3.16. The average Bonchev–Trinajstić information content (AvgIpc) is 3.04. The highest BCUT2D eigenvalue weighted by atomic mass is 16.6. The van der Waals surface area contributed by atoms with E-state index in [4.69, 9.17) is 4.74 Å². The number of alkyl carbamates (subject to hydrolysis) is 1. The number of benzene rings is 1. The van der Waals surface area contributed by atoms with Gasteiger partial charge < -0.3 is 15.0 Å². The van der Waals surface area contributed by atoms with Gasteiger partial charge in [0.2, 0.25) is 0 Å². The minimum Gasteiger partial charge on any atom is -0.441 e. The van der Waals surface area contributed by atoms with Crippen molar-refractivity contribution < 1.29 is 14.3 Å². The van der Waals surface area contributed by atoms with Crippen molar-refractivity contribution in [1.82, 2.24) is 20.0 Å². The number of aryl methyl sites for hydroxylation is 1. The molecule has 2 aliphatic heterocycles. The standard InChI is InChI=1S/C19H20N4O4/c1-22-16(24)7-6-15(21-22)13-2-4-14(5-3-13)17(25)23-10-8-19(9-11-23)12-20-18(26)27-19/h2-7H,8-12H2,1H3,(H,20,26). The summed E-state index contributed by atoms with van der Waals surface area (Å²) >= 11 is 0. The Kier molecular flexibility index (Phi) is 4.18. The van der Waals surface area contributed by atoms with Crippen LogP contribution in [-0.4, -0.2) is 51.9 Å². The number of nitrogens with zero attached hydrogens (tertiary/aromatic N) is 3. The number of aromatic nitrogens is 2. The summed E-state index contributed by atoms with van der Waals surface area (Å²) < 4.78 is 6.67. The molecule has 0 saturated carbocycles. The maximum absolute atomic E-state index is 12.8. The molecule has 0 unspecified atom stereocenters. The molecule has 8 heteroatoms. The SMILES string of the molecule is Cn1nc(-c2ccc(C(=O)N3CCC4(CC3)CNC(=O)O4)cc2)ccc1=O. The second kappa shape index (κ2) is 6.53. The summed E-state index contributed by atoms with van der Waals surface area (Å²) in [5.74, 6) is -0.0397. The number of carbonyl (C=O) groups is 2. The molecule has 0 atom stereocenters. The van der Waals surface area contributed by atoms with Crippen LogP contribution in [0.3, 0.4) is 0 Å². The summed E-state index contributed by atoms with van der Waals surface area (Å²) in [5, 5.41) is 6.91. The van der Waals surface area contributed by atoms with Crippen molar-refractivity contribution in [2.45, 2.75) is 18.4 Å². The third kappa shape index (κ3) is 3.30. The lowest BCUT2D eigenvalue weighted by atomic mass is 9.91. The van der Waals surface area contributed by atoms with Crippen molar-refractivity contribution in [2.75, 3.05) is 19.6 Å². The first-order valence-corrected chi connectivity index (χ1v) is 8.87. The molecule has 4 rings (SSSR count). The molecule has 8 nitrogen and oxygen atoms in total. The fraction of sp³-hybridized carbons (Fsp3) is 0.368. The van der Waals surface area contributed by atoms with Crippen LogP contribution >= 0.6 is 0 Å². The highest BCUT2D eigenvalue weighted by molar-refractivity contribution is 5.94. The lowest BCUT2D eigenvalue weighted by Gasteiger charge is -2.37. The van der Waals surface area contributed by atoms with Gasteiger partial charge in [-0.05, 0) is 18.2 Å². The van der Waals surface area contributed by atoms with Gasteiger partial charge in [0.25, 0.3) is 11.5 Å². The molecule has 27 heavy (non-hydrogen) atoms. The number of hydrogen-bond acceptors (Lipinski definition) is 5. The van der Waals surface area contributed by atoms with Crippen LogP contribution in [0.15, 0.2) is 41.2 Å². The van der Waals surface area contributed by atoms with Crippen LogP contribution in [0.4, 0.5) is 4.79 Å². The van der Waals surface area contributed by atoms with Crippen molar-refractivity contribution in [1.29, 1.82) is 0 Å². The predicted octanol–water partition coefficient (Wildman–Crippen LogP) is 1.16. The number of rotatable bonds is 2. The second-order valence-electron chi connectivity index (χ2n) is 6.98. The average molecular weight is 368 g/mol. The van der Waals surface area contributed by atoms with Gasteiger partial charge in [-0.25, -0.2) is 9.48 Å². The van der Waals surface area contributed by atoms with Crippen LogP contribution in [0.1, 0.15) is 23.2 Å². The van der Waals surface area contributed by atoms with E-state index in [9.17, 15) is 14.4 Å². The van der Waals surface area contributed by atoms with Crippen LogP contribution in [0.25, 0.3) is 11.3 Å². The summed E-state index contributed by atoms with van der Waals surface area (Å²) in [6, 6.07) is 10.3. The lowest BCUT2D eigenvalue weighted by molar-refractivity contribution is 0.00331. The molecule has 1 aromatic carbocycles. The van der Waals surface area contributed by atoms with Crippen LogP contribution in [0.2, 0.25) is 0 Å². The summed E-state index contributed by atoms with van der Waals surface area (Å²) in [4.78, 5) is 37.3. The number of piperidine rings is 1. The molecule has 140 valence electrons. The van der Waals surface area contributed by atoms with E-state index in [-0.39, 0.29) is 17.6 Å². The Bertz CT molecular complexity index is 943. The normalized spacial score (nSPS) is 18.3. The van der Waals surface area contributed by atoms with Gasteiger partial charge in [0.15, 0.2) is 0 Å². The van der Waals surface area contributed by atoms with Crippen LogP contribution in [0.5, 0.6) is 0 Å². The number of amides is 2. The largest absolute Gasteiger partial charge is 0.441 e. The molecule has 2 fully saturated rings. The number of nitrogens with one attached hydrogen (secondary N) is 1. The maximum Gasteiger partial charge on any atom is 0.407 e. The second-order valence-corrected chi connectivity index (χ2v) is 6.98. The Labute approximate surface area is 155 Å². The third-order valence-electron chi connectivity index (χ3n) is 5.21. The van der Waals surface area contributed by atoms with E-state index in [2.05, 4.69) is 10.4 Å². The van der Waals surface area contributed by atoms with E-state index in [1.807, 2.05) is 12.1 Å². The lowest BCUT2D eigenvalue weighted by Crippen LogP contribution is -2.48. The molecule has 3 heterocycles. The smallest absolute Gasteiger partial charge is 0.407 e. The van der Waals surface area contributed by atoms with Gasteiger partial charge in [0, 0.05) is 50.2 Å². The first-order valence-electron chi connectivity index (χ1n) is 8.87. The zero-order valence-electron chi connectivity index (χ0n) is 15.0.